The Kier molecular flexibility index (Phi) is 5.90. The number of nitrogens with zero attached hydrogens (tertiary/aromatic N) is 4. The molecule has 29 heavy (non-hydrogen) atoms. The second-order valence-corrected chi connectivity index (χ2v) is 7.81. The molecule has 2 aliphatic rings. The number of amides is 1. The fourth-order valence-electron chi connectivity index (χ4n) is 4.02. The van der Waals surface area contributed by atoms with Crippen LogP contribution >= 0.6 is 0 Å². The number of piperazine rings is 2. The summed E-state index contributed by atoms with van der Waals surface area (Å²) in [7, 11) is 3.81. The van der Waals surface area contributed by atoms with E-state index in [4.69, 9.17) is 4.74 Å². The number of benzene rings is 2. The van der Waals surface area contributed by atoms with Gasteiger partial charge < -0.3 is 24.3 Å². The van der Waals surface area contributed by atoms with E-state index in [2.05, 4.69) is 46.0 Å². The van der Waals surface area contributed by atoms with Gasteiger partial charge in [-0.1, -0.05) is 0 Å². The minimum Gasteiger partial charge on any atom is -0.497 e. The van der Waals surface area contributed by atoms with Crippen molar-refractivity contribution in [2.75, 3.05) is 76.3 Å². The topological polar surface area (TPSA) is 39.3 Å². The van der Waals surface area contributed by atoms with Crippen LogP contribution in [0.2, 0.25) is 0 Å². The van der Waals surface area contributed by atoms with Gasteiger partial charge in [-0.15, -0.1) is 0 Å². The van der Waals surface area contributed by atoms with Gasteiger partial charge >= 0.3 is 0 Å². The van der Waals surface area contributed by atoms with Crippen LogP contribution in [0.4, 0.5) is 11.4 Å². The van der Waals surface area contributed by atoms with Crippen LogP contribution in [0.3, 0.4) is 0 Å². The molecule has 0 atom stereocenters. The molecule has 6 heteroatoms. The molecular weight excluding hydrogens is 364 g/mol. The van der Waals surface area contributed by atoms with E-state index in [-0.39, 0.29) is 5.91 Å². The Bertz CT molecular complexity index is 806. The van der Waals surface area contributed by atoms with Crippen LogP contribution in [0, 0.1) is 0 Å². The largest absolute Gasteiger partial charge is 0.497 e. The van der Waals surface area contributed by atoms with Crippen molar-refractivity contribution >= 4 is 17.3 Å². The predicted octanol–water partition coefficient (Wildman–Crippen LogP) is 2.41. The zero-order valence-corrected chi connectivity index (χ0v) is 17.4. The van der Waals surface area contributed by atoms with Crippen molar-refractivity contribution in [1.82, 2.24) is 9.80 Å². The number of hydrogen-bond acceptors (Lipinski definition) is 5. The molecule has 6 nitrogen and oxygen atoms in total. The summed E-state index contributed by atoms with van der Waals surface area (Å²) < 4.78 is 5.17. The average molecular weight is 395 g/mol. The number of carbonyl (C=O) groups excluding carboxylic acids is 1. The van der Waals surface area contributed by atoms with Crippen LogP contribution in [-0.4, -0.2) is 82.2 Å². The zero-order chi connectivity index (χ0) is 20.2. The summed E-state index contributed by atoms with van der Waals surface area (Å²) in [5.74, 6) is 0.865. The second kappa shape index (κ2) is 8.74. The number of rotatable bonds is 4. The Morgan fingerprint density at radius 1 is 0.724 bits per heavy atom. The molecule has 154 valence electrons. The lowest BCUT2D eigenvalue weighted by atomic mass is 10.1. The lowest BCUT2D eigenvalue weighted by Gasteiger charge is -2.37. The van der Waals surface area contributed by atoms with Gasteiger partial charge in [0.25, 0.3) is 5.91 Å². The standard InChI is InChI=1S/C23H30N4O2/c1-24-11-13-25(14-12-24)20-5-7-21(8-6-20)26-15-17-27(18-16-26)23(28)19-3-9-22(29-2)10-4-19/h3-10H,11-18H2,1-2H3. The van der Waals surface area contributed by atoms with E-state index in [0.717, 1.165) is 63.7 Å². The molecule has 0 N–H and O–H groups in total. The summed E-state index contributed by atoms with van der Waals surface area (Å²) in [5.41, 5.74) is 3.25. The molecule has 0 saturated carbocycles. The second-order valence-electron chi connectivity index (χ2n) is 7.81. The summed E-state index contributed by atoms with van der Waals surface area (Å²) in [6.07, 6.45) is 0. The van der Waals surface area contributed by atoms with Gasteiger partial charge in [0.15, 0.2) is 0 Å². The monoisotopic (exact) mass is 394 g/mol. The minimum absolute atomic E-state index is 0.0951. The first-order valence-electron chi connectivity index (χ1n) is 10.4. The Balaban J connectivity index is 1.32. The number of hydrogen-bond donors (Lipinski definition) is 0. The molecule has 2 fully saturated rings. The number of ether oxygens (including phenoxy) is 1. The summed E-state index contributed by atoms with van der Waals surface area (Å²) >= 11 is 0. The van der Waals surface area contributed by atoms with E-state index in [1.165, 1.54) is 11.4 Å². The van der Waals surface area contributed by atoms with Gasteiger partial charge in [-0.05, 0) is 55.6 Å². The smallest absolute Gasteiger partial charge is 0.253 e. The number of likely N-dealkylation sites (N-methyl/N-ethyl adjacent to an activating group) is 1. The number of anilines is 2. The van der Waals surface area contributed by atoms with Gasteiger partial charge in [0.2, 0.25) is 0 Å². The quantitative estimate of drug-likeness (QED) is 0.796. The van der Waals surface area contributed by atoms with Crippen molar-refractivity contribution < 1.29 is 9.53 Å². The lowest BCUT2D eigenvalue weighted by molar-refractivity contribution is 0.0747. The van der Waals surface area contributed by atoms with E-state index in [1.54, 1.807) is 7.11 Å². The van der Waals surface area contributed by atoms with E-state index >= 15 is 0 Å². The first kappa shape index (κ1) is 19.6. The van der Waals surface area contributed by atoms with Gasteiger partial charge in [-0.25, -0.2) is 0 Å². The highest BCUT2D eigenvalue weighted by Gasteiger charge is 2.22. The number of carbonyl (C=O) groups is 1. The molecule has 2 aliphatic heterocycles. The third-order valence-electron chi connectivity index (χ3n) is 5.99. The maximum Gasteiger partial charge on any atom is 0.253 e. The van der Waals surface area contributed by atoms with Gasteiger partial charge in [-0.2, -0.15) is 0 Å². The molecule has 0 unspecified atom stereocenters. The Morgan fingerprint density at radius 3 is 1.69 bits per heavy atom. The van der Waals surface area contributed by atoms with Crippen molar-refractivity contribution in [3.05, 3.63) is 54.1 Å². The van der Waals surface area contributed by atoms with Crippen molar-refractivity contribution in [2.45, 2.75) is 0 Å². The molecule has 0 aliphatic carbocycles. The molecule has 0 aromatic heterocycles. The summed E-state index contributed by atoms with van der Waals surface area (Å²) in [4.78, 5) is 21.9. The first-order valence-corrected chi connectivity index (χ1v) is 10.4. The van der Waals surface area contributed by atoms with Crippen LogP contribution in [-0.2, 0) is 0 Å². The SMILES string of the molecule is COc1ccc(C(=O)N2CCN(c3ccc(N4CCN(C)CC4)cc3)CC2)cc1. The van der Waals surface area contributed by atoms with Gasteiger partial charge in [0.1, 0.15) is 5.75 Å². The van der Waals surface area contributed by atoms with Crippen molar-refractivity contribution in [1.29, 1.82) is 0 Å². The Morgan fingerprint density at radius 2 is 1.21 bits per heavy atom. The first-order chi connectivity index (χ1) is 14.1. The third kappa shape index (κ3) is 4.48. The molecular formula is C23H30N4O2. The molecule has 0 radical (unpaired) electrons. The highest BCUT2D eigenvalue weighted by Crippen LogP contribution is 2.23. The minimum atomic E-state index is 0.0951. The fraction of sp³-hybridized carbons (Fsp3) is 0.435. The van der Waals surface area contributed by atoms with Crippen LogP contribution in [0.25, 0.3) is 0 Å². The summed E-state index contributed by atoms with van der Waals surface area (Å²) in [5, 5.41) is 0. The van der Waals surface area contributed by atoms with E-state index in [1.807, 2.05) is 29.2 Å². The maximum absolute atomic E-state index is 12.7. The molecule has 2 saturated heterocycles. The molecule has 0 bridgehead atoms. The summed E-state index contributed by atoms with van der Waals surface area (Å²) in [6, 6.07) is 16.3. The molecule has 0 spiro atoms. The maximum atomic E-state index is 12.7. The summed E-state index contributed by atoms with van der Waals surface area (Å²) in [6.45, 7) is 7.60. The van der Waals surface area contributed by atoms with Gasteiger partial charge in [-0.3, -0.25) is 4.79 Å². The molecule has 2 aromatic rings. The van der Waals surface area contributed by atoms with Gasteiger partial charge in [0, 0.05) is 69.3 Å². The van der Waals surface area contributed by atoms with Gasteiger partial charge in [0.05, 0.1) is 7.11 Å². The Labute approximate surface area is 173 Å². The third-order valence-corrected chi connectivity index (χ3v) is 5.99. The molecule has 2 heterocycles. The number of methoxy groups -OCH3 is 1. The van der Waals surface area contributed by atoms with Crippen LogP contribution < -0.4 is 14.5 Å². The molecule has 2 aromatic carbocycles. The van der Waals surface area contributed by atoms with E-state index < -0.39 is 0 Å². The molecule has 1 amide bonds. The van der Waals surface area contributed by atoms with Crippen molar-refractivity contribution in [2.24, 2.45) is 0 Å². The molecule has 4 rings (SSSR count). The fourth-order valence-corrected chi connectivity index (χ4v) is 4.02. The zero-order valence-electron chi connectivity index (χ0n) is 17.4. The van der Waals surface area contributed by atoms with Crippen molar-refractivity contribution in [3.63, 3.8) is 0 Å². The highest BCUT2D eigenvalue weighted by atomic mass is 16.5. The van der Waals surface area contributed by atoms with Crippen molar-refractivity contribution in [3.8, 4) is 5.75 Å². The normalized spacial score (nSPS) is 18.1. The predicted molar refractivity (Wildman–Crippen MR) is 117 cm³/mol. The average Bonchev–Trinajstić information content (AvgIpc) is 2.79. The van der Waals surface area contributed by atoms with E-state index in [0.29, 0.717) is 0 Å². The van der Waals surface area contributed by atoms with Crippen LogP contribution in [0.1, 0.15) is 10.4 Å². The Hall–Kier alpha value is -2.73. The lowest BCUT2D eigenvalue weighted by Crippen LogP contribution is -2.48. The van der Waals surface area contributed by atoms with Crippen LogP contribution in [0.5, 0.6) is 5.75 Å². The van der Waals surface area contributed by atoms with E-state index in [9.17, 15) is 4.79 Å². The highest BCUT2D eigenvalue weighted by molar-refractivity contribution is 5.94. The van der Waals surface area contributed by atoms with Crippen LogP contribution in [0.15, 0.2) is 48.5 Å².